The molecule has 7 nitrogen and oxygen atoms in total. The SMILES string of the molecule is CNC(=O)Nn1nnnc1Sc1ccccc1. The molecule has 1 heterocycles. The van der Waals surface area contributed by atoms with Crippen molar-refractivity contribution in [3.05, 3.63) is 30.3 Å². The van der Waals surface area contributed by atoms with Crippen LogP contribution in [-0.4, -0.2) is 33.4 Å². The Labute approximate surface area is 102 Å². The van der Waals surface area contributed by atoms with Crippen molar-refractivity contribution >= 4 is 17.8 Å². The minimum Gasteiger partial charge on any atom is -0.340 e. The Hall–Kier alpha value is -2.09. The second-order valence-electron chi connectivity index (χ2n) is 2.98. The van der Waals surface area contributed by atoms with Crippen molar-refractivity contribution in [2.24, 2.45) is 0 Å². The molecule has 2 aromatic rings. The quantitative estimate of drug-likeness (QED) is 0.838. The molecule has 17 heavy (non-hydrogen) atoms. The number of tetrazole rings is 1. The van der Waals surface area contributed by atoms with E-state index in [1.165, 1.54) is 23.6 Å². The highest BCUT2D eigenvalue weighted by Crippen LogP contribution is 2.23. The molecule has 1 aromatic heterocycles. The van der Waals surface area contributed by atoms with Gasteiger partial charge in [-0.1, -0.05) is 23.3 Å². The number of amides is 2. The number of nitrogens with zero attached hydrogens (tertiary/aromatic N) is 4. The summed E-state index contributed by atoms with van der Waals surface area (Å²) in [5.74, 6) is 0. The zero-order chi connectivity index (χ0) is 12.1. The molecular weight excluding hydrogens is 240 g/mol. The number of rotatable bonds is 3. The van der Waals surface area contributed by atoms with E-state index in [4.69, 9.17) is 0 Å². The van der Waals surface area contributed by atoms with Crippen LogP contribution in [0.1, 0.15) is 0 Å². The highest BCUT2D eigenvalue weighted by molar-refractivity contribution is 7.99. The Bertz CT molecular complexity index is 499. The van der Waals surface area contributed by atoms with Gasteiger partial charge in [0.1, 0.15) is 0 Å². The smallest absolute Gasteiger partial charge is 0.335 e. The van der Waals surface area contributed by atoms with Gasteiger partial charge in [-0.25, -0.2) is 10.2 Å². The molecule has 0 aliphatic rings. The van der Waals surface area contributed by atoms with Crippen LogP contribution in [0.2, 0.25) is 0 Å². The average molecular weight is 250 g/mol. The molecule has 0 radical (unpaired) electrons. The second kappa shape index (κ2) is 5.30. The maximum absolute atomic E-state index is 11.1. The minimum atomic E-state index is -0.382. The second-order valence-corrected chi connectivity index (χ2v) is 4.02. The fraction of sp³-hybridized carbons (Fsp3) is 0.111. The van der Waals surface area contributed by atoms with E-state index >= 15 is 0 Å². The third-order valence-electron chi connectivity index (χ3n) is 1.83. The molecular formula is C9H10N6OS. The van der Waals surface area contributed by atoms with E-state index in [1.54, 1.807) is 0 Å². The van der Waals surface area contributed by atoms with Crippen molar-refractivity contribution in [1.82, 2.24) is 25.6 Å². The van der Waals surface area contributed by atoms with E-state index in [2.05, 4.69) is 26.3 Å². The number of carbonyl (C=O) groups is 1. The van der Waals surface area contributed by atoms with Gasteiger partial charge in [-0.2, -0.15) is 0 Å². The summed E-state index contributed by atoms with van der Waals surface area (Å²) in [6.07, 6.45) is 0. The van der Waals surface area contributed by atoms with Crippen LogP contribution in [0.15, 0.2) is 40.4 Å². The number of hydrogen-bond acceptors (Lipinski definition) is 5. The molecule has 0 atom stereocenters. The lowest BCUT2D eigenvalue weighted by molar-refractivity contribution is 0.250. The van der Waals surface area contributed by atoms with Crippen LogP contribution in [0.3, 0.4) is 0 Å². The summed E-state index contributed by atoms with van der Waals surface area (Å²) >= 11 is 1.36. The van der Waals surface area contributed by atoms with Gasteiger partial charge in [0.05, 0.1) is 0 Å². The van der Waals surface area contributed by atoms with Crippen LogP contribution in [0, 0.1) is 0 Å². The summed E-state index contributed by atoms with van der Waals surface area (Å²) in [5, 5.41) is 13.9. The molecule has 2 N–H and O–H groups in total. The van der Waals surface area contributed by atoms with Crippen LogP contribution in [0.5, 0.6) is 0 Å². The predicted molar refractivity (Wildman–Crippen MR) is 62.2 cm³/mol. The lowest BCUT2D eigenvalue weighted by atomic mass is 10.4. The third-order valence-corrected chi connectivity index (χ3v) is 2.77. The van der Waals surface area contributed by atoms with E-state index in [0.29, 0.717) is 5.16 Å². The van der Waals surface area contributed by atoms with Gasteiger partial charge in [-0.05, 0) is 34.3 Å². The molecule has 0 aliphatic heterocycles. The van der Waals surface area contributed by atoms with Crippen LogP contribution >= 0.6 is 11.8 Å². The highest BCUT2D eigenvalue weighted by atomic mass is 32.2. The Kier molecular flexibility index (Phi) is 3.55. The molecule has 88 valence electrons. The summed E-state index contributed by atoms with van der Waals surface area (Å²) in [5.41, 5.74) is 2.47. The lowest BCUT2D eigenvalue weighted by Gasteiger charge is -2.04. The van der Waals surface area contributed by atoms with Gasteiger partial charge in [0.2, 0.25) is 5.16 Å². The number of nitrogens with one attached hydrogen (secondary N) is 2. The summed E-state index contributed by atoms with van der Waals surface area (Å²) in [7, 11) is 1.52. The van der Waals surface area contributed by atoms with Gasteiger partial charge < -0.3 is 5.32 Å². The summed E-state index contributed by atoms with van der Waals surface area (Å²) in [6.45, 7) is 0. The summed E-state index contributed by atoms with van der Waals surface area (Å²) < 4.78 is 0. The van der Waals surface area contributed by atoms with Crippen LogP contribution < -0.4 is 10.7 Å². The van der Waals surface area contributed by atoms with Crippen LogP contribution in [0.4, 0.5) is 4.79 Å². The van der Waals surface area contributed by atoms with Crippen LogP contribution in [0.25, 0.3) is 0 Å². The van der Waals surface area contributed by atoms with E-state index < -0.39 is 0 Å². The topological polar surface area (TPSA) is 84.7 Å². The Morgan fingerprint density at radius 3 is 2.82 bits per heavy atom. The number of urea groups is 1. The van der Waals surface area contributed by atoms with Gasteiger partial charge in [-0.15, -0.1) is 4.79 Å². The fourth-order valence-corrected chi connectivity index (χ4v) is 1.81. The molecule has 0 bridgehead atoms. The fourth-order valence-electron chi connectivity index (χ4n) is 1.06. The molecule has 0 aliphatic carbocycles. The van der Waals surface area contributed by atoms with Gasteiger partial charge in [0.25, 0.3) is 0 Å². The monoisotopic (exact) mass is 250 g/mol. The number of benzene rings is 1. The first-order valence-corrected chi connectivity index (χ1v) is 5.61. The summed E-state index contributed by atoms with van der Waals surface area (Å²) in [4.78, 5) is 13.3. The van der Waals surface area contributed by atoms with Crippen molar-refractivity contribution < 1.29 is 4.79 Å². The van der Waals surface area contributed by atoms with Gasteiger partial charge in [-0.3, -0.25) is 0 Å². The average Bonchev–Trinajstić information content (AvgIpc) is 2.78. The largest absolute Gasteiger partial charge is 0.340 e. The first kappa shape index (κ1) is 11.4. The maximum Gasteiger partial charge on any atom is 0.335 e. The van der Waals surface area contributed by atoms with E-state index in [-0.39, 0.29) is 6.03 Å². The van der Waals surface area contributed by atoms with E-state index in [0.717, 1.165) is 4.90 Å². The van der Waals surface area contributed by atoms with Gasteiger partial charge >= 0.3 is 6.03 Å². The van der Waals surface area contributed by atoms with E-state index in [9.17, 15) is 4.79 Å². The first-order valence-electron chi connectivity index (χ1n) is 4.79. The molecule has 0 spiro atoms. The molecule has 0 fully saturated rings. The van der Waals surface area contributed by atoms with Crippen molar-refractivity contribution in [1.29, 1.82) is 0 Å². The Balaban J connectivity index is 2.12. The normalized spacial score (nSPS) is 9.94. The van der Waals surface area contributed by atoms with Crippen molar-refractivity contribution in [3.63, 3.8) is 0 Å². The third kappa shape index (κ3) is 2.94. The number of hydrogen-bond donors (Lipinski definition) is 2. The molecule has 2 amide bonds. The zero-order valence-corrected chi connectivity index (χ0v) is 9.81. The zero-order valence-electron chi connectivity index (χ0n) is 8.99. The van der Waals surface area contributed by atoms with Gasteiger partial charge in [0, 0.05) is 11.9 Å². The van der Waals surface area contributed by atoms with Crippen molar-refractivity contribution in [2.45, 2.75) is 10.1 Å². The number of carbonyl (C=O) groups excluding carboxylic acids is 1. The van der Waals surface area contributed by atoms with Gasteiger partial charge in [0.15, 0.2) is 0 Å². The lowest BCUT2D eigenvalue weighted by Crippen LogP contribution is -2.32. The highest BCUT2D eigenvalue weighted by Gasteiger charge is 2.09. The molecule has 0 saturated carbocycles. The summed E-state index contributed by atoms with van der Waals surface area (Å²) in [6, 6.07) is 9.25. The molecule has 1 aromatic carbocycles. The Morgan fingerprint density at radius 2 is 2.12 bits per heavy atom. The maximum atomic E-state index is 11.1. The molecule has 8 heteroatoms. The molecule has 0 saturated heterocycles. The predicted octanol–water partition coefficient (Wildman–Crippen LogP) is 0.707. The standard InChI is InChI=1S/C9H10N6OS/c1-10-8(16)12-15-9(11-13-14-15)17-7-5-3-2-4-6-7/h2-6H,1H3,(H2,10,12,16). The van der Waals surface area contributed by atoms with Crippen molar-refractivity contribution in [2.75, 3.05) is 12.5 Å². The van der Waals surface area contributed by atoms with Crippen molar-refractivity contribution in [3.8, 4) is 0 Å². The van der Waals surface area contributed by atoms with Crippen LogP contribution in [-0.2, 0) is 0 Å². The molecule has 0 unspecified atom stereocenters. The minimum absolute atomic E-state index is 0.382. The molecule has 2 rings (SSSR count). The van der Waals surface area contributed by atoms with E-state index in [1.807, 2.05) is 30.3 Å². The first-order chi connectivity index (χ1) is 8.29. The number of aromatic nitrogens is 4. The Morgan fingerprint density at radius 1 is 1.35 bits per heavy atom.